The normalized spacial score (nSPS) is 27.4. The molecule has 0 bridgehead atoms. The largest absolute Gasteiger partial charge is 0.178 e. The molecular weight excluding hydrogens is 176 g/mol. The molecule has 0 aromatic heterocycles. The highest BCUT2D eigenvalue weighted by Crippen LogP contribution is 2.49. The summed E-state index contributed by atoms with van der Waals surface area (Å²) in [6, 6.07) is 0. The molecule has 1 fully saturated rings. The van der Waals surface area contributed by atoms with Crippen LogP contribution in [0.4, 0.5) is 0 Å². The standard InChI is InChI=1S/C12H22S/c1-3-4-5-6-8-12(10-13)9-7-11(12)2/h13H,2-10H2,1H3. The highest BCUT2D eigenvalue weighted by molar-refractivity contribution is 7.80. The van der Waals surface area contributed by atoms with Crippen LogP contribution >= 0.6 is 12.6 Å². The summed E-state index contributed by atoms with van der Waals surface area (Å²) in [6.45, 7) is 6.40. The first-order valence-electron chi connectivity index (χ1n) is 5.54. The Bertz CT molecular complexity index is 170. The summed E-state index contributed by atoms with van der Waals surface area (Å²) in [5, 5.41) is 0. The topological polar surface area (TPSA) is 0 Å². The predicted molar refractivity (Wildman–Crippen MR) is 63.4 cm³/mol. The molecule has 0 radical (unpaired) electrons. The number of hydrogen-bond donors (Lipinski definition) is 1. The zero-order valence-electron chi connectivity index (χ0n) is 8.81. The fourth-order valence-electron chi connectivity index (χ4n) is 2.12. The van der Waals surface area contributed by atoms with Crippen molar-refractivity contribution in [3.05, 3.63) is 12.2 Å². The van der Waals surface area contributed by atoms with Gasteiger partial charge in [0.25, 0.3) is 0 Å². The van der Waals surface area contributed by atoms with Crippen LogP contribution in [0.2, 0.25) is 0 Å². The molecule has 1 saturated carbocycles. The van der Waals surface area contributed by atoms with Crippen molar-refractivity contribution >= 4 is 12.6 Å². The number of hydrogen-bond acceptors (Lipinski definition) is 1. The molecular formula is C12H22S. The van der Waals surface area contributed by atoms with E-state index in [1.54, 1.807) is 0 Å². The van der Waals surface area contributed by atoms with Crippen LogP contribution in [0.3, 0.4) is 0 Å². The van der Waals surface area contributed by atoms with Crippen molar-refractivity contribution in [2.24, 2.45) is 5.41 Å². The molecule has 0 saturated heterocycles. The Morgan fingerprint density at radius 1 is 1.38 bits per heavy atom. The summed E-state index contributed by atoms with van der Waals surface area (Å²) in [7, 11) is 0. The van der Waals surface area contributed by atoms with Gasteiger partial charge in [-0.3, -0.25) is 0 Å². The van der Waals surface area contributed by atoms with Gasteiger partial charge in [0.2, 0.25) is 0 Å². The van der Waals surface area contributed by atoms with Gasteiger partial charge in [0.05, 0.1) is 0 Å². The Morgan fingerprint density at radius 3 is 2.54 bits per heavy atom. The Morgan fingerprint density at radius 2 is 2.15 bits per heavy atom. The van der Waals surface area contributed by atoms with Gasteiger partial charge in [-0.05, 0) is 25.0 Å². The van der Waals surface area contributed by atoms with Crippen LogP contribution < -0.4 is 0 Å². The molecule has 0 aromatic rings. The molecule has 0 nitrogen and oxygen atoms in total. The SMILES string of the molecule is C=C1CCC1(CS)CCCCCC. The van der Waals surface area contributed by atoms with Gasteiger partial charge in [-0.1, -0.05) is 44.8 Å². The third-order valence-electron chi connectivity index (χ3n) is 3.47. The van der Waals surface area contributed by atoms with Crippen molar-refractivity contribution in [2.75, 3.05) is 5.75 Å². The van der Waals surface area contributed by atoms with Crippen molar-refractivity contribution in [2.45, 2.75) is 51.9 Å². The van der Waals surface area contributed by atoms with Crippen LogP contribution in [0.1, 0.15) is 51.9 Å². The molecule has 0 N–H and O–H groups in total. The van der Waals surface area contributed by atoms with Crippen LogP contribution in [-0.2, 0) is 0 Å². The zero-order valence-corrected chi connectivity index (χ0v) is 9.71. The maximum absolute atomic E-state index is 4.46. The van der Waals surface area contributed by atoms with E-state index in [-0.39, 0.29) is 0 Å². The van der Waals surface area contributed by atoms with Crippen molar-refractivity contribution in [1.29, 1.82) is 0 Å². The van der Waals surface area contributed by atoms with Gasteiger partial charge in [-0.15, -0.1) is 0 Å². The summed E-state index contributed by atoms with van der Waals surface area (Å²) >= 11 is 4.46. The molecule has 0 amide bonds. The van der Waals surface area contributed by atoms with E-state index in [4.69, 9.17) is 0 Å². The monoisotopic (exact) mass is 198 g/mol. The second-order valence-corrected chi connectivity index (χ2v) is 4.67. The number of rotatable bonds is 6. The highest BCUT2D eigenvalue weighted by Gasteiger charge is 2.38. The van der Waals surface area contributed by atoms with Gasteiger partial charge in [-0.25, -0.2) is 0 Å². The van der Waals surface area contributed by atoms with Gasteiger partial charge in [-0.2, -0.15) is 12.6 Å². The van der Waals surface area contributed by atoms with Crippen molar-refractivity contribution in [3.63, 3.8) is 0 Å². The van der Waals surface area contributed by atoms with Crippen LogP contribution in [0.15, 0.2) is 12.2 Å². The zero-order chi connectivity index (χ0) is 9.73. The highest BCUT2D eigenvalue weighted by atomic mass is 32.1. The van der Waals surface area contributed by atoms with E-state index in [2.05, 4.69) is 26.1 Å². The second-order valence-electron chi connectivity index (χ2n) is 4.35. The maximum atomic E-state index is 4.46. The lowest BCUT2D eigenvalue weighted by Gasteiger charge is -2.43. The van der Waals surface area contributed by atoms with Gasteiger partial charge in [0.1, 0.15) is 0 Å². The summed E-state index contributed by atoms with van der Waals surface area (Å²) in [4.78, 5) is 0. The van der Waals surface area contributed by atoms with E-state index in [0.717, 1.165) is 5.75 Å². The molecule has 1 rings (SSSR count). The lowest BCUT2D eigenvalue weighted by molar-refractivity contribution is 0.249. The summed E-state index contributed by atoms with van der Waals surface area (Å²) in [5.74, 6) is 1.01. The number of allylic oxidation sites excluding steroid dienone is 1. The van der Waals surface area contributed by atoms with Gasteiger partial charge in [0.15, 0.2) is 0 Å². The Kier molecular flexibility index (Phi) is 4.37. The number of thiol groups is 1. The third-order valence-corrected chi connectivity index (χ3v) is 4.07. The van der Waals surface area contributed by atoms with Gasteiger partial charge >= 0.3 is 0 Å². The van der Waals surface area contributed by atoms with E-state index in [9.17, 15) is 0 Å². The Hall–Kier alpha value is 0.0900. The van der Waals surface area contributed by atoms with E-state index < -0.39 is 0 Å². The molecule has 13 heavy (non-hydrogen) atoms. The molecule has 76 valence electrons. The van der Waals surface area contributed by atoms with E-state index in [1.807, 2.05) is 0 Å². The van der Waals surface area contributed by atoms with Crippen LogP contribution in [0, 0.1) is 5.41 Å². The van der Waals surface area contributed by atoms with Crippen molar-refractivity contribution in [1.82, 2.24) is 0 Å². The quantitative estimate of drug-likeness (QED) is 0.369. The predicted octanol–water partition coefficient (Wildman–Crippen LogP) is 4.22. The molecule has 1 heteroatoms. The number of unbranched alkanes of at least 4 members (excludes halogenated alkanes) is 3. The molecule has 1 aliphatic rings. The minimum Gasteiger partial charge on any atom is -0.178 e. The first kappa shape index (κ1) is 11.2. The fourth-order valence-corrected chi connectivity index (χ4v) is 2.66. The van der Waals surface area contributed by atoms with Crippen molar-refractivity contribution in [3.8, 4) is 0 Å². The summed E-state index contributed by atoms with van der Waals surface area (Å²) in [5.41, 5.74) is 1.90. The first-order valence-corrected chi connectivity index (χ1v) is 6.17. The molecule has 0 heterocycles. The van der Waals surface area contributed by atoms with Gasteiger partial charge < -0.3 is 0 Å². The Labute approximate surface area is 88.2 Å². The minimum absolute atomic E-state index is 0.441. The van der Waals surface area contributed by atoms with Crippen molar-refractivity contribution < 1.29 is 0 Å². The average Bonchev–Trinajstić information content (AvgIpc) is 2.16. The molecule has 0 spiro atoms. The van der Waals surface area contributed by atoms with Gasteiger partial charge in [0, 0.05) is 5.41 Å². The van der Waals surface area contributed by atoms with E-state index >= 15 is 0 Å². The minimum atomic E-state index is 0.441. The van der Waals surface area contributed by atoms with Crippen LogP contribution in [0.25, 0.3) is 0 Å². The molecule has 1 unspecified atom stereocenters. The smallest absolute Gasteiger partial charge is 0.0000317 e. The summed E-state index contributed by atoms with van der Waals surface area (Å²) < 4.78 is 0. The summed E-state index contributed by atoms with van der Waals surface area (Å²) in [6.07, 6.45) is 9.38. The second kappa shape index (κ2) is 5.09. The molecule has 0 aliphatic heterocycles. The average molecular weight is 198 g/mol. The van der Waals surface area contributed by atoms with E-state index in [0.29, 0.717) is 5.41 Å². The van der Waals surface area contributed by atoms with Crippen LogP contribution in [0.5, 0.6) is 0 Å². The maximum Gasteiger partial charge on any atom is 0.0000317 e. The molecule has 0 aromatic carbocycles. The lowest BCUT2D eigenvalue weighted by Crippen LogP contribution is -2.33. The molecule has 1 aliphatic carbocycles. The molecule has 1 atom stereocenters. The fraction of sp³-hybridized carbons (Fsp3) is 0.833. The third kappa shape index (κ3) is 2.52. The lowest BCUT2D eigenvalue weighted by atomic mass is 9.64. The van der Waals surface area contributed by atoms with Crippen LogP contribution in [-0.4, -0.2) is 5.75 Å². The first-order chi connectivity index (χ1) is 6.25. The Balaban J connectivity index is 2.21. The van der Waals surface area contributed by atoms with E-state index in [1.165, 1.54) is 50.5 Å².